The number of carboxylic acid groups (broad SMARTS) is 1. The minimum atomic E-state index is -1.02. The van der Waals surface area contributed by atoms with Crippen molar-refractivity contribution in [1.82, 2.24) is 5.32 Å². The van der Waals surface area contributed by atoms with E-state index in [0.29, 0.717) is 0 Å². The number of aromatic carboxylic acids is 1. The van der Waals surface area contributed by atoms with E-state index in [9.17, 15) is 19.6 Å². The SMILES string of the molecule is CCOC(=O)c1ccccc1NC(=O)/C(C#N)=C\NCc1ccc(C(=O)O)cc1. The first-order valence-electron chi connectivity index (χ1n) is 8.69. The molecule has 8 nitrogen and oxygen atoms in total. The minimum Gasteiger partial charge on any atom is -0.478 e. The lowest BCUT2D eigenvalue weighted by molar-refractivity contribution is -0.112. The largest absolute Gasteiger partial charge is 0.478 e. The second-order valence-corrected chi connectivity index (χ2v) is 5.77. The highest BCUT2D eigenvalue weighted by Gasteiger charge is 2.16. The average molecular weight is 393 g/mol. The quantitative estimate of drug-likeness (QED) is 0.357. The number of ether oxygens (including phenoxy) is 1. The van der Waals surface area contributed by atoms with Gasteiger partial charge in [-0.25, -0.2) is 9.59 Å². The molecular weight excluding hydrogens is 374 g/mol. The molecule has 0 fully saturated rings. The van der Waals surface area contributed by atoms with Crippen molar-refractivity contribution >= 4 is 23.5 Å². The van der Waals surface area contributed by atoms with Crippen LogP contribution in [0.4, 0.5) is 5.69 Å². The van der Waals surface area contributed by atoms with Gasteiger partial charge in [-0.3, -0.25) is 4.79 Å². The van der Waals surface area contributed by atoms with Crippen molar-refractivity contribution in [2.75, 3.05) is 11.9 Å². The highest BCUT2D eigenvalue weighted by Crippen LogP contribution is 2.17. The van der Waals surface area contributed by atoms with Crippen LogP contribution in [0.5, 0.6) is 0 Å². The van der Waals surface area contributed by atoms with E-state index in [4.69, 9.17) is 9.84 Å². The van der Waals surface area contributed by atoms with Crippen LogP contribution in [-0.4, -0.2) is 29.6 Å². The van der Waals surface area contributed by atoms with Crippen molar-refractivity contribution in [3.8, 4) is 6.07 Å². The number of anilines is 1. The first-order valence-corrected chi connectivity index (χ1v) is 8.69. The maximum absolute atomic E-state index is 12.4. The van der Waals surface area contributed by atoms with E-state index < -0.39 is 17.8 Å². The molecule has 0 spiro atoms. The van der Waals surface area contributed by atoms with Crippen molar-refractivity contribution in [3.05, 3.63) is 77.0 Å². The fourth-order valence-corrected chi connectivity index (χ4v) is 2.35. The highest BCUT2D eigenvalue weighted by atomic mass is 16.5. The number of nitrogens with one attached hydrogen (secondary N) is 2. The van der Waals surface area contributed by atoms with Gasteiger partial charge >= 0.3 is 11.9 Å². The second-order valence-electron chi connectivity index (χ2n) is 5.77. The summed E-state index contributed by atoms with van der Waals surface area (Å²) < 4.78 is 4.96. The molecule has 2 aromatic carbocycles. The van der Waals surface area contributed by atoms with Gasteiger partial charge in [0.2, 0.25) is 0 Å². The average Bonchev–Trinajstić information content (AvgIpc) is 2.72. The van der Waals surface area contributed by atoms with Crippen molar-refractivity contribution in [2.45, 2.75) is 13.5 Å². The number of rotatable bonds is 8. The molecule has 148 valence electrons. The lowest BCUT2D eigenvalue weighted by atomic mass is 10.1. The number of amides is 1. The molecule has 3 N–H and O–H groups in total. The Balaban J connectivity index is 2.04. The number of para-hydroxylation sites is 1. The smallest absolute Gasteiger partial charge is 0.340 e. The van der Waals surface area contributed by atoms with E-state index in [1.54, 1.807) is 37.3 Å². The molecule has 0 radical (unpaired) electrons. The summed E-state index contributed by atoms with van der Waals surface area (Å²) in [4.78, 5) is 35.2. The van der Waals surface area contributed by atoms with E-state index in [1.807, 2.05) is 0 Å². The second kappa shape index (κ2) is 10.3. The molecule has 0 saturated heterocycles. The highest BCUT2D eigenvalue weighted by molar-refractivity contribution is 6.09. The number of carboxylic acids is 1. The van der Waals surface area contributed by atoms with Crippen molar-refractivity contribution < 1.29 is 24.2 Å². The molecule has 1 amide bonds. The number of benzene rings is 2. The molecule has 0 aliphatic heterocycles. The van der Waals surface area contributed by atoms with Crippen LogP contribution in [0.15, 0.2) is 60.3 Å². The summed E-state index contributed by atoms with van der Waals surface area (Å²) in [7, 11) is 0. The Morgan fingerprint density at radius 1 is 1.14 bits per heavy atom. The van der Waals surface area contributed by atoms with Gasteiger partial charge in [0.05, 0.1) is 23.4 Å². The number of carbonyl (C=O) groups excluding carboxylic acids is 2. The lowest BCUT2D eigenvalue weighted by Gasteiger charge is -2.10. The fraction of sp³-hybridized carbons (Fsp3) is 0.143. The number of esters is 1. The molecule has 0 aliphatic carbocycles. The van der Waals surface area contributed by atoms with E-state index in [1.165, 1.54) is 30.5 Å². The topological polar surface area (TPSA) is 129 Å². The van der Waals surface area contributed by atoms with E-state index >= 15 is 0 Å². The van der Waals surface area contributed by atoms with Gasteiger partial charge in [0, 0.05) is 12.7 Å². The molecule has 0 saturated carbocycles. The molecule has 2 aromatic rings. The molecule has 8 heteroatoms. The molecule has 29 heavy (non-hydrogen) atoms. The van der Waals surface area contributed by atoms with Crippen LogP contribution in [0.1, 0.15) is 33.2 Å². The standard InChI is InChI=1S/C21H19N3O5/c1-2-29-21(28)17-5-3-4-6-18(17)24-19(25)16(11-22)13-23-12-14-7-9-15(10-8-14)20(26)27/h3-10,13,23H,2,12H2,1H3,(H,24,25)(H,26,27)/b16-13-. The number of hydrogen-bond acceptors (Lipinski definition) is 6. The first kappa shape index (κ1) is 21.2. The van der Waals surface area contributed by atoms with Crippen LogP contribution in [0.3, 0.4) is 0 Å². The van der Waals surface area contributed by atoms with Crippen molar-refractivity contribution in [2.24, 2.45) is 0 Å². The Kier molecular flexibility index (Phi) is 7.51. The van der Waals surface area contributed by atoms with Gasteiger partial charge < -0.3 is 20.5 Å². The van der Waals surface area contributed by atoms with Gasteiger partial charge in [-0.05, 0) is 36.8 Å². The minimum absolute atomic E-state index is 0.168. The molecular formula is C21H19N3O5. The van der Waals surface area contributed by atoms with Crippen LogP contribution in [0.25, 0.3) is 0 Å². The Labute approximate surface area is 167 Å². The Morgan fingerprint density at radius 3 is 2.45 bits per heavy atom. The summed E-state index contributed by atoms with van der Waals surface area (Å²) in [5.74, 6) is -2.28. The van der Waals surface area contributed by atoms with E-state index in [2.05, 4.69) is 10.6 Å². The summed E-state index contributed by atoms with van der Waals surface area (Å²) in [5, 5.41) is 23.5. The normalized spacial score (nSPS) is 10.6. The maximum Gasteiger partial charge on any atom is 0.340 e. The zero-order valence-corrected chi connectivity index (χ0v) is 15.6. The van der Waals surface area contributed by atoms with Gasteiger partial charge in [-0.1, -0.05) is 24.3 Å². The molecule has 0 aliphatic rings. The molecule has 2 rings (SSSR count). The molecule has 0 bridgehead atoms. The Morgan fingerprint density at radius 2 is 1.83 bits per heavy atom. The predicted octanol–water partition coefficient (Wildman–Crippen LogP) is 2.70. The summed E-state index contributed by atoms with van der Waals surface area (Å²) in [5.41, 5.74) is 1.18. The Hall–Kier alpha value is -4.12. The van der Waals surface area contributed by atoms with Crippen LogP contribution < -0.4 is 10.6 Å². The first-order chi connectivity index (χ1) is 14.0. The molecule has 0 aromatic heterocycles. The van der Waals surface area contributed by atoms with E-state index in [0.717, 1.165) is 5.56 Å². The van der Waals surface area contributed by atoms with Gasteiger partial charge in [-0.2, -0.15) is 5.26 Å². The summed E-state index contributed by atoms with van der Waals surface area (Å²) in [6, 6.07) is 14.3. The van der Waals surface area contributed by atoms with Crippen LogP contribution >= 0.6 is 0 Å². The number of hydrogen-bond donors (Lipinski definition) is 3. The van der Waals surface area contributed by atoms with Gasteiger partial charge in [0.25, 0.3) is 5.91 Å². The fourth-order valence-electron chi connectivity index (χ4n) is 2.35. The van der Waals surface area contributed by atoms with E-state index in [-0.39, 0.29) is 35.5 Å². The summed E-state index contributed by atoms with van der Waals surface area (Å²) in [6.45, 7) is 2.16. The third-order valence-electron chi connectivity index (χ3n) is 3.79. The molecule has 0 unspecified atom stereocenters. The van der Waals surface area contributed by atoms with Crippen molar-refractivity contribution in [1.29, 1.82) is 5.26 Å². The lowest BCUT2D eigenvalue weighted by Crippen LogP contribution is -2.19. The number of nitrogens with zero attached hydrogens (tertiary/aromatic N) is 1. The monoisotopic (exact) mass is 393 g/mol. The Bertz CT molecular complexity index is 975. The van der Waals surface area contributed by atoms with Crippen molar-refractivity contribution in [3.63, 3.8) is 0 Å². The van der Waals surface area contributed by atoms with Gasteiger partial charge in [0.15, 0.2) is 0 Å². The van der Waals surface area contributed by atoms with Gasteiger partial charge in [0.1, 0.15) is 11.6 Å². The van der Waals surface area contributed by atoms with Crippen LogP contribution in [0.2, 0.25) is 0 Å². The number of carbonyl (C=O) groups is 3. The van der Waals surface area contributed by atoms with Crippen LogP contribution in [0, 0.1) is 11.3 Å². The third kappa shape index (κ3) is 5.94. The summed E-state index contributed by atoms with van der Waals surface area (Å²) in [6.07, 6.45) is 1.26. The predicted molar refractivity (Wildman–Crippen MR) is 105 cm³/mol. The molecule has 0 heterocycles. The zero-order valence-electron chi connectivity index (χ0n) is 15.6. The van der Waals surface area contributed by atoms with Crippen LogP contribution in [-0.2, 0) is 16.1 Å². The number of nitriles is 1. The zero-order chi connectivity index (χ0) is 21.2. The summed E-state index contributed by atoms with van der Waals surface area (Å²) >= 11 is 0. The maximum atomic E-state index is 12.4. The third-order valence-corrected chi connectivity index (χ3v) is 3.79. The van der Waals surface area contributed by atoms with Gasteiger partial charge in [-0.15, -0.1) is 0 Å². The molecule has 0 atom stereocenters.